The van der Waals surface area contributed by atoms with Crippen molar-refractivity contribution in [1.82, 2.24) is 19.9 Å². The van der Waals surface area contributed by atoms with Gasteiger partial charge in [0.15, 0.2) is 5.65 Å². The number of amides is 1. The number of aromatic nitrogens is 3. The van der Waals surface area contributed by atoms with Crippen LogP contribution in [-0.4, -0.2) is 49.5 Å². The summed E-state index contributed by atoms with van der Waals surface area (Å²) in [5.74, 6) is -0.410. The van der Waals surface area contributed by atoms with Crippen LogP contribution in [0.2, 0.25) is 0 Å². The predicted molar refractivity (Wildman–Crippen MR) is 124 cm³/mol. The minimum absolute atomic E-state index is 0.166. The van der Waals surface area contributed by atoms with E-state index in [1.165, 1.54) is 24.8 Å². The first kappa shape index (κ1) is 24.4. The first-order valence-electron chi connectivity index (χ1n) is 11.6. The normalized spacial score (nSPS) is 18.2. The van der Waals surface area contributed by atoms with Gasteiger partial charge >= 0.3 is 6.16 Å². The Kier molecular flexibility index (Phi) is 7.42. The molecule has 5 rings (SSSR count). The highest BCUT2D eigenvalue weighted by Gasteiger charge is 2.30. The molecule has 1 atom stereocenters. The van der Waals surface area contributed by atoms with E-state index in [0.29, 0.717) is 35.6 Å². The molecule has 1 saturated carbocycles. The highest BCUT2D eigenvalue weighted by atomic mass is 19.1. The lowest BCUT2D eigenvalue weighted by atomic mass is 9.95. The second-order valence-corrected chi connectivity index (χ2v) is 8.72. The monoisotopic (exact) mass is 487 g/mol. The molecule has 186 valence electrons. The lowest BCUT2D eigenvalue weighted by Crippen LogP contribution is -2.36. The standard InChI is InChI=1S/C23H25F2N5O.CH2O3/c24-15-8-9-19(25)17(13-15)20-7-4-11-29(20)21-10-12-30-22(28-21)18(14-26-30)23(31)27-16-5-2-1-3-6-16;2-1(3)4/h8-10,12-14,16,20H,1-7,11H2,(H,27,31);(H2,2,3,4)/t20-;/m1./s1. The van der Waals surface area contributed by atoms with Gasteiger partial charge in [-0.05, 0) is 49.9 Å². The molecule has 9 nitrogen and oxygen atoms in total. The fourth-order valence-corrected chi connectivity index (χ4v) is 4.82. The van der Waals surface area contributed by atoms with Gasteiger partial charge in [0.25, 0.3) is 5.91 Å². The van der Waals surface area contributed by atoms with Crippen molar-refractivity contribution in [3.63, 3.8) is 0 Å². The maximum absolute atomic E-state index is 14.4. The molecular weight excluding hydrogens is 460 g/mol. The Bertz CT molecular complexity index is 1210. The molecule has 3 N–H and O–H groups in total. The molecule has 0 unspecified atom stereocenters. The molecule has 2 aromatic heterocycles. The Morgan fingerprint density at radius 3 is 2.51 bits per heavy atom. The molecule has 3 heterocycles. The molecular formula is C24H27F2N5O4. The highest BCUT2D eigenvalue weighted by molar-refractivity contribution is 5.99. The minimum Gasteiger partial charge on any atom is -0.450 e. The van der Waals surface area contributed by atoms with Crippen molar-refractivity contribution in [1.29, 1.82) is 0 Å². The van der Waals surface area contributed by atoms with Crippen LogP contribution in [0, 0.1) is 11.6 Å². The molecule has 35 heavy (non-hydrogen) atoms. The van der Waals surface area contributed by atoms with Crippen molar-refractivity contribution in [2.75, 3.05) is 11.4 Å². The molecule has 2 fully saturated rings. The van der Waals surface area contributed by atoms with Crippen molar-refractivity contribution in [2.24, 2.45) is 0 Å². The van der Waals surface area contributed by atoms with E-state index in [1.807, 2.05) is 4.90 Å². The zero-order valence-corrected chi connectivity index (χ0v) is 19.0. The Morgan fingerprint density at radius 2 is 1.77 bits per heavy atom. The molecule has 0 spiro atoms. The molecule has 1 aliphatic heterocycles. The van der Waals surface area contributed by atoms with E-state index >= 15 is 0 Å². The zero-order valence-electron chi connectivity index (χ0n) is 19.0. The third kappa shape index (κ3) is 5.67. The van der Waals surface area contributed by atoms with Crippen LogP contribution in [0.1, 0.15) is 66.9 Å². The zero-order chi connectivity index (χ0) is 24.9. The van der Waals surface area contributed by atoms with Crippen LogP contribution in [0.25, 0.3) is 5.65 Å². The molecule has 0 radical (unpaired) electrons. The number of carbonyl (C=O) groups excluding carboxylic acids is 1. The Hall–Kier alpha value is -3.76. The van der Waals surface area contributed by atoms with Crippen LogP contribution >= 0.6 is 0 Å². The molecule has 1 amide bonds. The van der Waals surface area contributed by atoms with Gasteiger partial charge in [-0.2, -0.15) is 5.10 Å². The van der Waals surface area contributed by atoms with Crippen LogP contribution in [0.3, 0.4) is 0 Å². The molecule has 1 aliphatic carbocycles. The summed E-state index contributed by atoms with van der Waals surface area (Å²) in [6.45, 7) is 0.682. The predicted octanol–water partition coefficient (Wildman–Crippen LogP) is 4.63. The van der Waals surface area contributed by atoms with E-state index in [9.17, 15) is 13.6 Å². The van der Waals surface area contributed by atoms with Gasteiger partial charge in [-0.1, -0.05) is 19.3 Å². The third-order valence-corrected chi connectivity index (χ3v) is 6.40. The van der Waals surface area contributed by atoms with Crippen LogP contribution in [0.4, 0.5) is 19.4 Å². The van der Waals surface area contributed by atoms with Crippen molar-refractivity contribution >= 4 is 23.5 Å². The van der Waals surface area contributed by atoms with Crippen LogP contribution in [-0.2, 0) is 0 Å². The molecule has 0 bridgehead atoms. The van der Waals surface area contributed by atoms with Gasteiger partial charge in [-0.3, -0.25) is 4.79 Å². The van der Waals surface area contributed by atoms with Gasteiger partial charge in [-0.25, -0.2) is 23.1 Å². The topological polar surface area (TPSA) is 120 Å². The Labute approximate surface area is 200 Å². The van der Waals surface area contributed by atoms with Crippen molar-refractivity contribution < 1.29 is 28.6 Å². The number of carbonyl (C=O) groups is 2. The van der Waals surface area contributed by atoms with Gasteiger partial charge in [0, 0.05) is 24.3 Å². The fraction of sp³-hybridized carbons (Fsp3) is 0.417. The lowest BCUT2D eigenvalue weighted by Gasteiger charge is -2.26. The average Bonchev–Trinajstić information content (AvgIpc) is 3.48. The van der Waals surface area contributed by atoms with Gasteiger partial charge in [0.05, 0.1) is 12.2 Å². The Balaban J connectivity index is 0.000000672. The summed E-state index contributed by atoms with van der Waals surface area (Å²) in [5.41, 5.74) is 1.24. The smallest absolute Gasteiger partial charge is 0.450 e. The van der Waals surface area contributed by atoms with Gasteiger partial charge in [0.1, 0.15) is 23.0 Å². The molecule has 11 heteroatoms. The third-order valence-electron chi connectivity index (χ3n) is 6.40. The highest BCUT2D eigenvalue weighted by Crippen LogP contribution is 2.36. The lowest BCUT2D eigenvalue weighted by molar-refractivity contribution is 0.0929. The second kappa shape index (κ2) is 10.7. The fourth-order valence-electron chi connectivity index (χ4n) is 4.82. The van der Waals surface area contributed by atoms with Gasteiger partial charge in [-0.15, -0.1) is 0 Å². The summed E-state index contributed by atoms with van der Waals surface area (Å²) >= 11 is 0. The van der Waals surface area contributed by atoms with E-state index in [1.54, 1.807) is 16.8 Å². The number of halogens is 2. The number of rotatable bonds is 4. The van der Waals surface area contributed by atoms with E-state index in [-0.39, 0.29) is 18.0 Å². The largest absolute Gasteiger partial charge is 0.503 e. The van der Waals surface area contributed by atoms with Crippen LogP contribution < -0.4 is 10.2 Å². The van der Waals surface area contributed by atoms with Gasteiger partial charge < -0.3 is 20.4 Å². The SMILES string of the molecule is O=C(NC1CCCCC1)c1cnn2ccc(N3CCC[C@@H]3c3cc(F)ccc3F)nc12.O=C(O)O. The number of carboxylic acid groups (broad SMARTS) is 2. The van der Waals surface area contributed by atoms with Crippen LogP contribution in [0.5, 0.6) is 0 Å². The Morgan fingerprint density at radius 1 is 1.03 bits per heavy atom. The van der Waals surface area contributed by atoms with Crippen molar-refractivity contribution in [3.8, 4) is 0 Å². The van der Waals surface area contributed by atoms with E-state index in [4.69, 9.17) is 20.0 Å². The molecule has 3 aromatic rings. The van der Waals surface area contributed by atoms with Crippen molar-refractivity contribution in [2.45, 2.75) is 57.0 Å². The van der Waals surface area contributed by atoms with Crippen molar-refractivity contribution in [3.05, 3.63) is 59.4 Å². The number of fused-ring (bicyclic) bond motifs is 1. The first-order valence-corrected chi connectivity index (χ1v) is 11.6. The minimum atomic E-state index is -1.83. The number of anilines is 1. The molecule has 2 aliphatic rings. The average molecular weight is 488 g/mol. The summed E-state index contributed by atoms with van der Waals surface area (Å²) in [5, 5.41) is 21.3. The number of nitrogens with zero attached hydrogens (tertiary/aromatic N) is 4. The van der Waals surface area contributed by atoms with E-state index in [0.717, 1.165) is 38.2 Å². The summed E-state index contributed by atoms with van der Waals surface area (Å²) in [7, 11) is 0. The maximum atomic E-state index is 14.4. The van der Waals surface area contributed by atoms with E-state index < -0.39 is 17.8 Å². The second-order valence-electron chi connectivity index (χ2n) is 8.72. The summed E-state index contributed by atoms with van der Waals surface area (Å²) in [6, 6.07) is 5.26. The summed E-state index contributed by atoms with van der Waals surface area (Å²) < 4.78 is 29.8. The first-order chi connectivity index (χ1) is 16.8. The molecule has 1 aromatic carbocycles. The summed E-state index contributed by atoms with van der Waals surface area (Å²) in [4.78, 5) is 28.1. The number of hydrogen-bond donors (Lipinski definition) is 3. The van der Waals surface area contributed by atoms with Crippen LogP contribution in [0.15, 0.2) is 36.7 Å². The quantitative estimate of drug-likeness (QED) is 0.491. The number of hydrogen-bond acceptors (Lipinski definition) is 5. The van der Waals surface area contributed by atoms with Gasteiger partial charge in [0.2, 0.25) is 0 Å². The summed E-state index contributed by atoms with van der Waals surface area (Å²) in [6.07, 6.45) is 8.51. The molecule has 1 saturated heterocycles. The number of benzene rings is 1. The number of nitrogens with one attached hydrogen (secondary N) is 1. The maximum Gasteiger partial charge on any atom is 0.503 e. The van der Waals surface area contributed by atoms with E-state index in [2.05, 4.69) is 10.4 Å².